The zero-order valence-electron chi connectivity index (χ0n) is 7.25. The third-order valence-electron chi connectivity index (χ3n) is 1.34. The molecule has 0 aliphatic carbocycles. The van der Waals surface area contributed by atoms with Gasteiger partial charge in [-0.15, -0.1) is 12.4 Å². The molecule has 0 aromatic heterocycles. The first kappa shape index (κ1) is 14.0. The van der Waals surface area contributed by atoms with Crippen LogP contribution >= 0.6 is 22.5 Å². The van der Waals surface area contributed by atoms with E-state index in [1.807, 2.05) is 0 Å². The molecule has 1 rings (SSSR count). The van der Waals surface area contributed by atoms with E-state index < -0.39 is 0 Å². The van der Waals surface area contributed by atoms with E-state index in [0.717, 1.165) is 28.6 Å². The average molecular weight is 213 g/mol. The van der Waals surface area contributed by atoms with Gasteiger partial charge in [-0.25, -0.2) is 0 Å². The lowest BCUT2D eigenvalue weighted by molar-refractivity contribution is 0.308. The van der Waals surface area contributed by atoms with Crippen LogP contribution in [0, 0.1) is 0 Å². The maximum absolute atomic E-state index is 4.78. The molecule has 0 fully saturated rings. The number of hydrogen-bond donors (Lipinski definition) is 0. The molecule has 0 saturated carbocycles. The zero-order valence-corrected chi connectivity index (χ0v) is 10.8. The molecule has 0 spiro atoms. The molecule has 11 heavy (non-hydrogen) atoms. The lowest BCUT2D eigenvalue weighted by Gasteiger charge is -2.14. The Labute approximate surface area is 87.2 Å². The van der Waals surface area contributed by atoms with Gasteiger partial charge in [0.1, 0.15) is 0 Å². The van der Waals surface area contributed by atoms with E-state index in [-0.39, 0.29) is 12.4 Å². The molecule has 0 unspecified atom stereocenters. The lowest BCUT2D eigenvalue weighted by Crippen LogP contribution is -2.21. The van der Waals surface area contributed by atoms with E-state index in [2.05, 4.69) is 36.2 Å². The van der Waals surface area contributed by atoms with Crippen LogP contribution in [0.4, 0.5) is 0 Å². The molecule has 0 aromatic rings. The van der Waals surface area contributed by atoms with Crippen LogP contribution in [0.3, 0.4) is 0 Å². The van der Waals surface area contributed by atoms with E-state index >= 15 is 0 Å². The highest BCUT2D eigenvalue weighted by Gasteiger charge is 2.03. The Hall–Kier alpha value is 0.452. The average Bonchev–Trinajstić information content (AvgIpc) is 2.40. The Morgan fingerprint density at radius 1 is 1.45 bits per heavy atom. The highest BCUT2D eigenvalue weighted by Crippen LogP contribution is 2.00. The van der Waals surface area contributed by atoms with Gasteiger partial charge in [0.25, 0.3) is 0 Å². The Morgan fingerprint density at radius 3 is 2.18 bits per heavy atom. The minimum atomic E-state index is 0. The van der Waals surface area contributed by atoms with Crippen molar-refractivity contribution in [3.05, 3.63) is 12.4 Å². The summed E-state index contributed by atoms with van der Waals surface area (Å²) in [5.41, 5.74) is 0. The van der Waals surface area contributed by atoms with Crippen molar-refractivity contribution < 1.29 is 0 Å². The summed E-state index contributed by atoms with van der Waals surface area (Å²) in [6.45, 7) is 4.32. The van der Waals surface area contributed by atoms with Gasteiger partial charge in [0.2, 0.25) is 0 Å². The largest absolute Gasteiger partial charge is 0.362 e. The van der Waals surface area contributed by atoms with Crippen molar-refractivity contribution in [3.63, 3.8) is 0 Å². The van der Waals surface area contributed by atoms with E-state index in [9.17, 15) is 0 Å². The zero-order chi connectivity index (χ0) is 7.98. The quantitative estimate of drug-likeness (QED) is 0.596. The second kappa shape index (κ2) is 8.55. The Bertz CT molecular complexity index is 111. The molecule has 0 aromatic carbocycles. The first-order chi connectivity index (χ1) is 4.83. The number of rotatable bonds is 1. The molecule has 0 amide bonds. The minimum absolute atomic E-state index is 0. The van der Waals surface area contributed by atoms with Gasteiger partial charge in [-0.1, -0.05) is 0 Å². The number of nitrogens with zero attached hydrogens (tertiary/aromatic N) is 2. The molecular weight excluding hydrogens is 198 g/mol. The molecule has 0 atom stereocenters. The molecule has 66 valence electrons. The van der Waals surface area contributed by atoms with Gasteiger partial charge in [-0.2, -0.15) is 0 Å². The fourth-order valence-corrected chi connectivity index (χ4v) is 0.794. The summed E-state index contributed by atoms with van der Waals surface area (Å²) in [5.74, 6) is 0. The van der Waals surface area contributed by atoms with Crippen molar-refractivity contribution in [2.45, 2.75) is 6.92 Å². The van der Waals surface area contributed by atoms with E-state index in [4.69, 9.17) is 10.0 Å². The van der Waals surface area contributed by atoms with Crippen LogP contribution in [0.1, 0.15) is 6.92 Å². The summed E-state index contributed by atoms with van der Waals surface area (Å²) < 4.78 is 0. The van der Waals surface area contributed by atoms with Crippen LogP contribution in [0.2, 0.25) is 0 Å². The van der Waals surface area contributed by atoms with Crippen LogP contribution in [0.5, 0.6) is 0 Å². The monoisotopic (exact) mass is 212 g/mol. The summed E-state index contributed by atoms with van der Waals surface area (Å²) in [6.07, 6.45) is 4.20. The van der Waals surface area contributed by atoms with Gasteiger partial charge in [0.05, 0.1) is 6.67 Å². The molecule has 1 aliphatic heterocycles. The summed E-state index contributed by atoms with van der Waals surface area (Å²) in [4.78, 5) is 4.41. The van der Waals surface area contributed by atoms with Crippen molar-refractivity contribution >= 4 is 37.8 Å². The van der Waals surface area contributed by atoms with Gasteiger partial charge < -0.3 is 9.80 Å². The second-order valence-corrected chi connectivity index (χ2v) is 2.10. The maximum atomic E-state index is 4.78. The summed E-state index contributed by atoms with van der Waals surface area (Å²) >= 11 is 0.778. The van der Waals surface area contributed by atoms with E-state index in [1.54, 1.807) is 0 Å². The van der Waals surface area contributed by atoms with Gasteiger partial charge in [-0.3, -0.25) is 10.0 Å². The van der Waals surface area contributed by atoms with Crippen molar-refractivity contribution in [1.29, 1.82) is 0 Å². The van der Waals surface area contributed by atoms with E-state index in [0.29, 0.717) is 0 Å². The predicted molar refractivity (Wildman–Crippen MR) is 55.8 cm³/mol. The Balaban J connectivity index is 0. The highest BCUT2D eigenvalue weighted by molar-refractivity contribution is 6.80. The van der Waals surface area contributed by atoms with Gasteiger partial charge >= 0.3 is 15.4 Å². The van der Waals surface area contributed by atoms with Gasteiger partial charge in [-0.05, 0) is 6.92 Å². The van der Waals surface area contributed by atoms with Crippen molar-refractivity contribution in [1.82, 2.24) is 9.80 Å². The molecule has 2 nitrogen and oxygen atoms in total. The van der Waals surface area contributed by atoms with Crippen LogP contribution in [-0.4, -0.2) is 45.4 Å². The van der Waals surface area contributed by atoms with Crippen LogP contribution in [-0.2, 0) is 0 Å². The summed E-state index contributed by atoms with van der Waals surface area (Å²) in [6, 6.07) is 0. The van der Waals surface area contributed by atoms with Crippen molar-refractivity contribution in [2.75, 3.05) is 20.3 Å². The highest BCUT2D eigenvalue weighted by atomic mass is 35.6. The van der Waals surface area contributed by atoms with Crippen LogP contribution in [0.25, 0.3) is 0 Å². The smallest absolute Gasteiger partial charge is 0.353 e. The number of halogens is 2. The molecule has 1 aliphatic rings. The van der Waals surface area contributed by atoms with Crippen LogP contribution in [0.15, 0.2) is 12.4 Å². The fourth-order valence-electron chi connectivity index (χ4n) is 0.794. The second-order valence-electron chi connectivity index (χ2n) is 2.10. The maximum Gasteiger partial charge on any atom is 0.353 e. The molecule has 0 saturated heterocycles. The molecule has 0 radical (unpaired) electrons. The molecule has 1 heterocycles. The fraction of sp³-hybridized carbons (Fsp3) is 0.667. The topological polar surface area (TPSA) is 6.48 Å². The molecule has 5 heteroatoms. The molecule has 0 bridgehead atoms. The lowest BCUT2D eigenvalue weighted by atomic mass is 10.6. The summed E-state index contributed by atoms with van der Waals surface area (Å²) in [7, 11) is 6.85. The van der Waals surface area contributed by atoms with Gasteiger partial charge in [0.15, 0.2) is 0 Å². The summed E-state index contributed by atoms with van der Waals surface area (Å²) in [5, 5.41) is 0. The van der Waals surface area contributed by atoms with E-state index in [1.165, 1.54) is 0 Å². The molecule has 0 N–H and O–H groups in total. The standard InChI is InChI=1S/C6H12N2.Al.2ClH.2H/c1-3-8-5-4-7(2)6-8;;;;;/h4-5H,3,6H2,1-2H3;;2*1H;;/q;+1;;;;/p-1. The first-order valence-electron chi connectivity index (χ1n) is 3.33. The van der Waals surface area contributed by atoms with Crippen molar-refractivity contribution in [3.8, 4) is 0 Å². The van der Waals surface area contributed by atoms with Crippen molar-refractivity contribution in [2.24, 2.45) is 0 Å². The Morgan fingerprint density at radius 2 is 2.00 bits per heavy atom. The first-order valence-corrected chi connectivity index (χ1v) is 6.35. The molecular formula is C6H15AlCl2N2. The predicted octanol–water partition coefficient (Wildman–Crippen LogP) is 0.877. The number of hydrogen-bond acceptors (Lipinski definition) is 2. The normalized spacial score (nSPS) is 13.7. The third-order valence-corrected chi connectivity index (χ3v) is 1.34. The minimum Gasteiger partial charge on any atom is -0.362 e. The third kappa shape index (κ3) is 5.69. The Kier molecular flexibility index (Phi) is 10.9. The SMILES string of the molecule is CCN1C=CN(C)C1.Cl.[AlH2][Cl]. The van der Waals surface area contributed by atoms with Gasteiger partial charge in [0, 0.05) is 26.0 Å². The van der Waals surface area contributed by atoms with Crippen LogP contribution < -0.4 is 0 Å².